The molecule has 0 aromatic rings. The van der Waals surface area contributed by atoms with Gasteiger partial charge in [-0.1, -0.05) is 0 Å². The minimum atomic E-state index is -3.10. The number of carbonyl (C=O) groups is 8. The van der Waals surface area contributed by atoms with Crippen LogP contribution in [0.25, 0.3) is 0 Å². The van der Waals surface area contributed by atoms with E-state index in [1.165, 1.54) is 27.7 Å². The van der Waals surface area contributed by atoms with Crippen molar-refractivity contribution in [1.82, 2.24) is 0 Å². The molecule has 0 heterocycles. The summed E-state index contributed by atoms with van der Waals surface area (Å²) in [5.74, 6) is -5.54. The molecule has 0 bridgehead atoms. The van der Waals surface area contributed by atoms with Crippen LogP contribution in [0.4, 0.5) is 0 Å². The lowest BCUT2D eigenvalue weighted by molar-refractivity contribution is -0.144. The molecule has 12 nitrogen and oxygen atoms in total. The number of hydrogen-bond donors (Lipinski definition) is 0. The van der Waals surface area contributed by atoms with Gasteiger partial charge in [-0.05, 0) is 27.7 Å². The van der Waals surface area contributed by atoms with Crippen LogP contribution in [0, 0.1) is 0 Å². The summed E-state index contributed by atoms with van der Waals surface area (Å²) in [7, 11) is -3.10. The van der Waals surface area contributed by atoms with Gasteiger partial charge >= 0.3 is 23.9 Å². The Morgan fingerprint density at radius 1 is 0.424 bits per heavy atom. The lowest BCUT2D eigenvalue weighted by atomic mass is 10.3. The van der Waals surface area contributed by atoms with Gasteiger partial charge in [0.25, 0.3) is 0 Å². The predicted octanol–water partition coefficient (Wildman–Crippen LogP) is 0.923. The largest absolute Gasteiger partial charge is 0.429 e. The zero-order valence-corrected chi connectivity index (χ0v) is 19.9. The molecule has 0 aliphatic rings. The maximum atomic E-state index is 11.9. The summed E-state index contributed by atoms with van der Waals surface area (Å²) in [5, 5.41) is 0. The molecule has 33 heavy (non-hydrogen) atoms. The molecule has 0 saturated heterocycles. The fourth-order valence-electron chi connectivity index (χ4n) is 2.08. The molecular formula is C20H28O12P+. The van der Waals surface area contributed by atoms with E-state index in [-0.39, 0.29) is 0 Å². The Bertz CT molecular complexity index is 667. The normalized spacial score (nSPS) is 10.5. The van der Waals surface area contributed by atoms with Gasteiger partial charge in [0.05, 0.1) is 0 Å². The Morgan fingerprint density at radius 3 is 0.758 bits per heavy atom. The van der Waals surface area contributed by atoms with Gasteiger partial charge in [-0.15, -0.1) is 0 Å². The summed E-state index contributed by atoms with van der Waals surface area (Å²) in [6.07, 6.45) is -4.20. The molecule has 0 aromatic carbocycles. The lowest BCUT2D eigenvalue weighted by Crippen LogP contribution is -2.25. The van der Waals surface area contributed by atoms with E-state index in [0.29, 0.717) is 0 Å². The van der Waals surface area contributed by atoms with Crippen LogP contribution in [-0.4, -0.2) is 72.4 Å². The maximum Gasteiger partial charge on any atom is 0.316 e. The topological polar surface area (TPSA) is 173 Å². The van der Waals surface area contributed by atoms with Crippen LogP contribution in [0.2, 0.25) is 0 Å². The first-order valence-corrected chi connectivity index (χ1v) is 12.2. The minimum absolute atomic E-state index is 0.474. The van der Waals surface area contributed by atoms with Crippen molar-refractivity contribution < 1.29 is 57.3 Å². The van der Waals surface area contributed by atoms with Gasteiger partial charge in [0, 0.05) is 0 Å². The van der Waals surface area contributed by atoms with Crippen LogP contribution in [0.1, 0.15) is 53.4 Å². The van der Waals surface area contributed by atoms with Crippen LogP contribution < -0.4 is 0 Å². The Kier molecular flexibility index (Phi) is 13.6. The smallest absolute Gasteiger partial charge is 0.316 e. The summed E-state index contributed by atoms with van der Waals surface area (Å²) in [6.45, 7) is 4.67. The second-order valence-electron chi connectivity index (χ2n) is 7.44. The molecule has 0 unspecified atom stereocenters. The maximum absolute atomic E-state index is 11.9. The number of Topliss-reactive ketones (excluding diaryl/α,β-unsaturated/α-hetero) is 4. The van der Waals surface area contributed by atoms with Crippen LogP contribution in [0.5, 0.6) is 0 Å². The monoisotopic (exact) mass is 491 g/mol. The molecule has 13 heteroatoms. The molecule has 0 fully saturated rings. The minimum Gasteiger partial charge on any atom is -0.429 e. The Hall–Kier alpha value is -3.01. The van der Waals surface area contributed by atoms with Gasteiger partial charge in [0.2, 0.25) is 25.4 Å². The molecule has 0 aliphatic heterocycles. The van der Waals surface area contributed by atoms with E-state index in [9.17, 15) is 38.4 Å². The lowest BCUT2D eigenvalue weighted by Gasteiger charge is -2.25. The average molecular weight is 491 g/mol. The first-order valence-electron chi connectivity index (χ1n) is 9.70. The zero-order chi connectivity index (χ0) is 25.6. The number of hydrogen-bond acceptors (Lipinski definition) is 12. The molecular weight excluding hydrogens is 463 g/mol. The molecule has 0 atom stereocenters. The van der Waals surface area contributed by atoms with Crippen LogP contribution in [-0.2, 0) is 57.3 Å². The first-order chi connectivity index (χ1) is 15.2. The second kappa shape index (κ2) is 14.9. The van der Waals surface area contributed by atoms with Crippen LogP contribution in [0.15, 0.2) is 0 Å². The Labute approximate surface area is 191 Å². The fourth-order valence-corrected chi connectivity index (χ4v) is 4.20. The van der Waals surface area contributed by atoms with Gasteiger partial charge in [-0.3, -0.25) is 38.4 Å². The second-order valence-corrected chi connectivity index (χ2v) is 11.2. The SMILES string of the molecule is CC(=O)CC(=O)OC[P+](COC(=O)CC(C)=O)(COC(=O)CC(C)=O)COC(=O)CC(C)=O. The number of rotatable bonds is 16. The van der Waals surface area contributed by atoms with E-state index in [4.69, 9.17) is 18.9 Å². The summed E-state index contributed by atoms with van der Waals surface area (Å²) >= 11 is 0. The summed E-state index contributed by atoms with van der Waals surface area (Å²) < 4.78 is 20.3. The highest BCUT2D eigenvalue weighted by Gasteiger charge is 2.45. The summed E-state index contributed by atoms with van der Waals surface area (Å²) in [4.78, 5) is 92.0. The van der Waals surface area contributed by atoms with Crippen molar-refractivity contribution in [2.24, 2.45) is 0 Å². The van der Waals surface area contributed by atoms with E-state index in [1.807, 2.05) is 0 Å². The van der Waals surface area contributed by atoms with Crippen LogP contribution >= 0.6 is 7.26 Å². The molecule has 184 valence electrons. The average Bonchev–Trinajstić information content (AvgIpc) is 2.64. The highest BCUT2D eigenvalue weighted by Crippen LogP contribution is 2.59. The highest BCUT2D eigenvalue weighted by molar-refractivity contribution is 7.75. The zero-order valence-electron chi connectivity index (χ0n) is 19.0. The molecule has 0 aromatic heterocycles. The van der Waals surface area contributed by atoms with Crippen molar-refractivity contribution in [2.75, 3.05) is 25.4 Å². The third-order valence-corrected chi connectivity index (χ3v) is 6.28. The summed E-state index contributed by atoms with van der Waals surface area (Å²) in [6, 6.07) is 0. The Morgan fingerprint density at radius 2 is 0.606 bits per heavy atom. The number of ether oxygens (including phenoxy) is 4. The molecule has 0 aliphatic carbocycles. The van der Waals surface area contributed by atoms with Crippen molar-refractivity contribution in [3.05, 3.63) is 0 Å². The summed E-state index contributed by atoms with van der Waals surface area (Å²) in [5.41, 5.74) is 0. The fraction of sp³-hybridized carbons (Fsp3) is 0.600. The third kappa shape index (κ3) is 15.4. The van der Waals surface area contributed by atoms with Gasteiger partial charge < -0.3 is 18.9 Å². The van der Waals surface area contributed by atoms with Crippen molar-refractivity contribution in [1.29, 1.82) is 0 Å². The first kappa shape index (κ1) is 30.0. The quantitative estimate of drug-likeness (QED) is 0.129. The molecule has 0 N–H and O–H groups in total. The van der Waals surface area contributed by atoms with E-state index < -0.39 is 105 Å². The van der Waals surface area contributed by atoms with Gasteiger partial charge in [-0.2, -0.15) is 0 Å². The number of esters is 4. The molecule has 0 spiro atoms. The van der Waals surface area contributed by atoms with Gasteiger partial charge in [0.1, 0.15) is 48.8 Å². The van der Waals surface area contributed by atoms with E-state index >= 15 is 0 Å². The number of ketones is 4. The van der Waals surface area contributed by atoms with Crippen molar-refractivity contribution >= 4 is 54.3 Å². The van der Waals surface area contributed by atoms with Crippen molar-refractivity contribution in [3.8, 4) is 0 Å². The molecule has 0 radical (unpaired) electrons. The van der Waals surface area contributed by atoms with E-state index in [0.717, 1.165) is 0 Å². The van der Waals surface area contributed by atoms with E-state index in [2.05, 4.69) is 0 Å². The van der Waals surface area contributed by atoms with Crippen molar-refractivity contribution in [3.63, 3.8) is 0 Å². The number of carbonyl (C=O) groups excluding carboxylic acids is 8. The standard InChI is InChI=1S/C20H28O12P/c1-13(21)5-17(25)29-9-33(10-30-18(26)6-14(2)22,11-31-19(27)7-15(3)23)12-32-20(28)8-16(4)24/h5-12H2,1-4H3/q+1. The molecule has 0 rings (SSSR count). The van der Waals surface area contributed by atoms with Crippen molar-refractivity contribution in [2.45, 2.75) is 53.4 Å². The Balaban J connectivity index is 5.68. The van der Waals surface area contributed by atoms with Crippen LogP contribution in [0.3, 0.4) is 0 Å². The van der Waals surface area contributed by atoms with Gasteiger partial charge in [0.15, 0.2) is 7.26 Å². The highest BCUT2D eigenvalue weighted by atomic mass is 31.2. The van der Waals surface area contributed by atoms with E-state index in [1.54, 1.807) is 0 Å². The molecule has 0 saturated carbocycles. The molecule has 0 amide bonds. The predicted molar refractivity (Wildman–Crippen MR) is 112 cm³/mol. The third-order valence-electron chi connectivity index (χ3n) is 3.57. The van der Waals surface area contributed by atoms with Gasteiger partial charge in [-0.25, -0.2) is 0 Å².